The number of hydrogen-bond donors (Lipinski definition) is 2. The maximum absolute atomic E-state index is 12.4. The van der Waals surface area contributed by atoms with E-state index in [4.69, 9.17) is 14.9 Å². The summed E-state index contributed by atoms with van der Waals surface area (Å²) in [5.74, 6) is -0.426. The molecule has 5 aromatic rings. The Morgan fingerprint density at radius 3 is 2.40 bits per heavy atom. The maximum atomic E-state index is 12.4. The van der Waals surface area contributed by atoms with Gasteiger partial charge >= 0.3 is 5.97 Å². The van der Waals surface area contributed by atoms with Gasteiger partial charge in [-0.2, -0.15) is 5.10 Å². The number of hydrogen-bond acceptors (Lipinski definition) is 4. The molecule has 7 nitrogen and oxygen atoms in total. The molecule has 1 unspecified atom stereocenters. The number of aliphatic carboxylic acids is 1. The summed E-state index contributed by atoms with van der Waals surface area (Å²) in [6.07, 6.45) is -0.117. The van der Waals surface area contributed by atoms with Crippen LogP contribution < -0.4 is 10.1 Å². The van der Waals surface area contributed by atoms with Gasteiger partial charge < -0.3 is 15.2 Å². The molecule has 1 aromatic heterocycles. The zero-order valence-corrected chi connectivity index (χ0v) is 22.7. The number of nitrogens with one attached hydrogen (secondary N) is 1. The zero-order chi connectivity index (χ0) is 28.2. The van der Waals surface area contributed by atoms with Crippen LogP contribution in [-0.4, -0.2) is 40.4 Å². The van der Waals surface area contributed by atoms with Crippen LogP contribution in [0.15, 0.2) is 91.0 Å². The third-order valence-corrected chi connectivity index (χ3v) is 7.04. The highest BCUT2D eigenvalue weighted by Crippen LogP contribution is 2.33. The molecule has 0 saturated heterocycles. The van der Waals surface area contributed by atoms with E-state index < -0.39 is 5.97 Å². The molecule has 0 aliphatic rings. The minimum Gasteiger partial charge on any atom is -0.497 e. The molecular formula is C33H31N3O4. The summed E-state index contributed by atoms with van der Waals surface area (Å²) < 4.78 is 7.42. The second-order valence-electron chi connectivity index (χ2n) is 9.85. The van der Waals surface area contributed by atoms with Gasteiger partial charge in [0.25, 0.3) is 5.91 Å². The molecule has 7 heteroatoms. The largest absolute Gasteiger partial charge is 0.497 e. The van der Waals surface area contributed by atoms with E-state index in [9.17, 15) is 9.59 Å². The van der Waals surface area contributed by atoms with Gasteiger partial charge in [-0.25, -0.2) is 0 Å². The van der Waals surface area contributed by atoms with E-state index in [2.05, 4.69) is 67.7 Å². The number of carboxylic acids is 1. The van der Waals surface area contributed by atoms with Crippen molar-refractivity contribution in [3.8, 4) is 28.3 Å². The minimum absolute atomic E-state index is 0.0866. The lowest BCUT2D eigenvalue weighted by atomic mass is 10.0. The Labute approximate surface area is 233 Å². The number of ether oxygens (including phenoxy) is 1. The molecule has 4 aromatic carbocycles. The monoisotopic (exact) mass is 533 g/mol. The molecule has 1 heterocycles. The van der Waals surface area contributed by atoms with Gasteiger partial charge in [-0.3, -0.25) is 14.3 Å². The Bertz CT molecular complexity index is 1690. The van der Waals surface area contributed by atoms with Crippen molar-refractivity contribution in [2.24, 2.45) is 0 Å². The van der Waals surface area contributed by atoms with Gasteiger partial charge in [0.15, 0.2) is 0 Å². The molecular weight excluding hydrogens is 502 g/mol. The fraction of sp³-hybridized carbons (Fsp3) is 0.182. The van der Waals surface area contributed by atoms with E-state index in [1.807, 2.05) is 35.0 Å². The second-order valence-corrected chi connectivity index (χ2v) is 9.85. The molecule has 40 heavy (non-hydrogen) atoms. The van der Waals surface area contributed by atoms with Crippen LogP contribution in [0.25, 0.3) is 33.3 Å². The van der Waals surface area contributed by atoms with Crippen LogP contribution in [0, 0.1) is 6.92 Å². The number of nitrogens with zero attached hydrogens (tertiary/aromatic N) is 2. The molecule has 0 aliphatic heterocycles. The Morgan fingerprint density at radius 1 is 0.925 bits per heavy atom. The van der Waals surface area contributed by atoms with E-state index in [0.717, 1.165) is 44.6 Å². The van der Waals surface area contributed by atoms with Crippen molar-refractivity contribution < 1.29 is 19.4 Å². The number of benzene rings is 4. The Morgan fingerprint density at radius 2 is 1.68 bits per heavy atom. The van der Waals surface area contributed by atoms with Crippen LogP contribution in [0.3, 0.4) is 0 Å². The van der Waals surface area contributed by atoms with E-state index in [-0.39, 0.29) is 24.9 Å². The molecule has 5 rings (SSSR count). The minimum atomic E-state index is -0.948. The van der Waals surface area contributed by atoms with E-state index in [1.54, 1.807) is 19.2 Å². The van der Waals surface area contributed by atoms with Crippen molar-refractivity contribution in [2.45, 2.75) is 26.3 Å². The van der Waals surface area contributed by atoms with Crippen molar-refractivity contribution in [1.82, 2.24) is 15.1 Å². The molecule has 202 valence electrons. The number of methoxy groups -OCH3 is 1. The quantitative estimate of drug-likeness (QED) is 0.226. The third kappa shape index (κ3) is 5.73. The highest BCUT2D eigenvalue weighted by atomic mass is 16.5. The molecule has 0 fully saturated rings. The van der Waals surface area contributed by atoms with Gasteiger partial charge in [-0.15, -0.1) is 0 Å². The van der Waals surface area contributed by atoms with Crippen molar-refractivity contribution >= 4 is 22.6 Å². The average molecular weight is 534 g/mol. The van der Waals surface area contributed by atoms with Crippen molar-refractivity contribution in [2.75, 3.05) is 13.7 Å². The fourth-order valence-corrected chi connectivity index (χ4v) is 4.80. The first-order valence-electron chi connectivity index (χ1n) is 13.2. The van der Waals surface area contributed by atoms with Crippen molar-refractivity contribution in [3.05, 3.63) is 108 Å². The molecule has 1 amide bonds. The van der Waals surface area contributed by atoms with Crippen molar-refractivity contribution in [1.29, 1.82) is 0 Å². The summed E-state index contributed by atoms with van der Waals surface area (Å²) in [5, 5.41) is 18.7. The molecule has 1 atom stereocenters. The lowest BCUT2D eigenvalue weighted by Crippen LogP contribution is -2.26. The van der Waals surface area contributed by atoms with Gasteiger partial charge in [0.1, 0.15) is 5.75 Å². The van der Waals surface area contributed by atoms with E-state index in [1.165, 1.54) is 5.56 Å². The number of fused-ring (bicyclic) bond motifs is 1. The first-order valence-corrected chi connectivity index (χ1v) is 13.2. The predicted molar refractivity (Wildman–Crippen MR) is 157 cm³/mol. The number of carbonyl (C=O) groups excluding carboxylic acids is 1. The SMILES string of the molecule is COc1ccc2cc(-c3cc(-c4cccc(C)c4)nn3C(C)c3ccc(C(=O)NCCC(=O)O)cc3)ccc2c1. The number of rotatable bonds is 9. The van der Waals surface area contributed by atoms with Gasteiger partial charge in [0, 0.05) is 23.2 Å². The van der Waals surface area contributed by atoms with Gasteiger partial charge in [0.05, 0.1) is 31.0 Å². The van der Waals surface area contributed by atoms with E-state index in [0.29, 0.717) is 5.56 Å². The highest BCUT2D eigenvalue weighted by Gasteiger charge is 2.19. The van der Waals surface area contributed by atoms with E-state index >= 15 is 0 Å². The average Bonchev–Trinajstić information content (AvgIpc) is 3.42. The Hall–Kier alpha value is -4.91. The summed E-state index contributed by atoms with van der Waals surface area (Å²) in [7, 11) is 1.67. The zero-order valence-electron chi connectivity index (χ0n) is 22.7. The number of aryl methyl sites for hydroxylation is 1. The first-order chi connectivity index (χ1) is 19.3. The lowest BCUT2D eigenvalue weighted by Gasteiger charge is -2.17. The predicted octanol–water partition coefficient (Wildman–Crippen LogP) is 6.50. The van der Waals surface area contributed by atoms with Crippen LogP contribution >= 0.6 is 0 Å². The van der Waals surface area contributed by atoms with Gasteiger partial charge in [-0.05, 0) is 72.6 Å². The maximum Gasteiger partial charge on any atom is 0.305 e. The smallest absolute Gasteiger partial charge is 0.305 e. The Kier molecular flexibility index (Phi) is 7.64. The molecule has 0 radical (unpaired) electrons. The van der Waals surface area contributed by atoms with Crippen LogP contribution in [0.2, 0.25) is 0 Å². The summed E-state index contributed by atoms with van der Waals surface area (Å²) in [6, 6.07) is 30.1. The number of carboxylic acid groups (broad SMARTS) is 1. The molecule has 2 N–H and O–H groups in total. The first kappa shape index (κ1) is 26.7. The second kappa shape index (κ2) is 11.5. The molecule has 0 saturated carbocycles. The normalized spacial score (nSPS) is 11.8. The fourth-order valence-electron chi connectivity index (χ4n) is 4.80. The summed E-state index contributed by atoms with van der Waals surface area (Å²) in [6.45, 7) is 4.24. The lowest BCUT2D eigenvalue weighted by molar-refractivity contribution is -0.136. The van der Waals surface area contributed by atoms with Crippen molar-refractivity contribution in [3.63, 3.8) is 0 Å². The van der Waals surface area contributed by atoms with Crippen LogP contribution in [0.1, 0.15) is 40.9 Å². The summed E-state index contributed by atoms with van der Waals surface area (Å²) >= 11 is 0. The molecule has 0 aliphatic carbocycles. The number of carbonyl (C=O) groups is 2. The van der Waals surface area contributed by atoms with Gasteiger partial charge in [-0.1, -0.05) is 54.1 Å². The molecule has 0 bridgehead atoms. The number of aromatic nitrogens is 2. The van der Waals surface area contributed by atoms with Crippen LogP contribution in [0.4, 0.5) is 0 Å². The van der Waals surface area contributed by atoms with Gasteiger partial charge in [0.2, 0.25) is 0 Å². The number of amides is 1. The van der Waals surface area contributed by atoms with Crippen LogP contribution in [-0.2, 0) is 4.79 Å². The summed E-state index contributed by atoms with van der Waals surface area (Å²) in [4.78, 5) is 23.2. The third-order valence-electron chi connectivity index (χ3n) is 7.04. The Balaban J connectivity index is 1.51. The van der Waals surface area contributed by atoms with Crippen LogP contribution in [0.5, 0.6) is 5.75 Å². The highest BCUT2D eigenvalue weighted by molar-refractivity contribution is 5.94. The standard InChI is InChI=1S/C33H31N3O4/c1-21-5-4-6-27(17-21)30-20-31(28-12-11-26-19-29(40-3)14-13-25(26)18-28)36(35-30)22(2)23-7-9-24(10-8-23)33(39)34-16-15-32(37)38/h4-14,17-20,22H,15-16H2,1-3H3,(H,34,39)(H,37,38). The molecule has 0 spiro atoms. The topological polar surface area (TPSA) is 93.5 Å². The summed E-state index contributed by atoms with van der Waals surface area (Å²) in [5.41, 5.74) is 6.60.